The maximum Gasteiger partial charge on any atom is 0.246 e. The van der Waals surface area contributed by atoms with E-state index in [4.69, 9.17) is 16.7 Å². The van der Waals surface area contributed by atoms with E-state index >= 15 is 0 Å². The van der Waals surface area contributed by atoms with Crippen LogP contribution < -0.4 is 0 Å². The molecule has 0 saturated carbocycles. The summed E-state index contributed by atoms with van der Waals surface area (Å²) in [6.45, 7) is 6.16. The van der Waals surface area contributed by atoms with Gasteiger partial charge in [-0.05, 0) is 30.2 Å². The van der Waals surface area contributed by atoms with E-state index in [0.717, 1.165) is 11.1 Å². The Hall–Kier alpha value is -1.58. The standard InChI is InChI=1S/C15H18ClNO2/c1-3-8-17(9-10-18)15(19)7-6-13-5-4-12(2)14(16)11-13/h3-7,11,18H,1,8-10H2,2H3/b7-6+. The fraction of sp³-hybridized carbons (Fsp3) is 0.267. The second kappa shape index (κ2) is 7.77. The van der Waals surface area contributed by atoms with Crippen LogP contribution in [-0.2, 0) is 4.79 Å². The molecule has 0 bridgehead atoms. The van der Waals surface area contributed by atoms with Crippen molar-refractivity contribution in [1.82, 2.24) is 4.90 Å². The summed E-state index contributed by atoms with van der Waals surface area (Å²) in [6, 6.07) is 5.61. The Kier molecular flexibility index (Phi) is 6.33. The van der Waals surface area contributed by atoms with Crippen LogP contribution >= 0.6 is 11.6 Å². The molecule has 3 nitrogen and oxygen atoms in total. The lowest BCUT2D eigenvalue weighted by Gasteiger charge is -2.17. The number of carbonyl (C=O) groups is 1. The molecule has 102 valence electrons. The molecule has 0 aliphatic rings. The lowest BCUT2D eigenvalue weighted by Crippen LogP contribution is -2.32. The molecule has 0 radical (unpaired) electrons. The number of hydrogen-bond acceptors (Lipinski definition) is 2. The predicted octanol–water partition coefficient (Wildman–Crippen LogP) is 2.67. The van der Waals surface area contributed by atoms with Gasteiger partial charge in [-0.15, -0.1) is 6.58 Å². The van der Waals surface area contributed by atoms with Gasteiger partial charge in [0.1, 0.15) is 0 Å². The Morgan fingerprint density at radius 3 is 2.84 bits per heavy atom. The van der Waals surface area contributed by atoms with Gasteiger partial charge in [-0.3, -0.25) is 4.79 Å². The minimum Gasteiger partial charge on any atom is -0.395 e. The monoisotopic (exact) mass is 279 g/mol. The molecule has 0 saturated heterocycles. The summed E-state index contributed by atoms with van der Waals surface area (Å²) in [5.41, 5.74) is 1.87. The van der Waals surface area contributed by atoms with Crippen molar-refractivity contribution in [3.05, 3.63) is 53.1 Å². The fourth-order valence-electron chi connectivity index (χ4n) is 1.55. The largest absolute Gasteiger partial charge is 0.395 e. The average molecular weight is 280 g/mol. The number of nitrogens with zero attached hydrogens (tertiary/aromatic N) is 1. The van der Waals surface area contributed by atoms with E-state index in [1.165, 1.54) is 11.0 Å². The molecule has 0 heterocycles. The van der Waals surface area contributed by atoms with Crippen molar-refractivity contribution in [2.75, 3.05) is 19.7 Å². The first-order valence-corrected chi connectivity index (χ1v) is 6.41. The summed E-state index contributed by atoms with van der Waals surface area (Å²) in [4.78, 5) is 13.4. The van der Waals surface area contributed by atoms with Crippen molar-refractivity contribution in [2.24, 2.45) is 0 Å². The summed E-state index contributed by atoms with van der Waals surface area (Å²) >= 11 is 6.02. The summed E-state index contributed by atoms with van der Waals surface area (Å²) in [5, 5.41) is 9.57. The highest BCUT2D eigenvalue weighted by molar-refractivity contribution is 6.31. The van der Waals surface area contributed by atoms with Crippen LogP contribution in [0.2, 0.25) is 5.02 Å². The second-order valence-electron chi connectivity index (χ2n) is 4.14. The van der Waals surface area contributed by atoms with Crippen molar-refractivity contribution < 1.29 is 9.90 Å². The molecular weight excluding hydrogens is 262 g/mol. The highest BCUT2D eigenvalue weighted by Gasteiger charge is 2.07. The van der Waals surface area contributed by atoms with Gasteiger partial charge in [0.15, 0.2) is 0 Å². The third kappa shape index (κ3) is 4.89. The lowest BCUT2D eigenvalue weighted by molar-refractivity contribution is -0.125. The predicted molar refractivity (Wildman–Crippen MR) is 79.1 cm³/mol. The number of aryl methyl sites for hydroxylation is 1. The zero-order valence-electron chi connectivity index (χ0n) is 11.0. The van der Waals surface area contributed by atoms with Crippen molar-refractivity contribution in [1.29, 1.82) is 0 Å². The molecule has 0 fully saturated rings. The number of rotatable bonds is 6. The summed E-state index contributed by atoms with van der Waals surface area (Å²) < 4.78 is 0. The number of aliphatic hydroxyl groups is 1. The first-order chi connectivity index (χ1) is 9.08. The molecule has 1 amide bonds. The molecule has 19 heavy (non-hydrogen) atoms. The van der Waals surface area contributed by atoms with Crippen LogP contribution in [0.5, 0.6) is 0 Å². The zero-order chi connectivity index (χ0) is 14.3. The molecule has 1 rings (SSSR count). The summed E-state index contributed by atoms with van der Waals surface area (Å²) in [7, 11) is 0. The number of benzene rings is 1. The molecule has 0 spiro atoms. The third-order valence-electron chi connectivity index (χ3n) is 2.65. The van der Waals surface area contributed by atoms with Crippen LogP contribution in [0, 0.1) is 6.92 Å². The molecular formula is C15H18ClNO2. The second-order valence-corrected chi connectivity index (χ2v) is 4.55. The van der Waals surface area contributed by atoms with E-state index in [9.17, 15) is 4.79 Å². The van der Waals surface area contributed by atoms with E-state index < -0.39 is 0 Å². The number of amides is 1. The van der Waals surface area contributed by atoms with E-state index in [-0.39, 0.29) is 12.5 Å². The number of carbonyl (C=O) groups excluding carboxylic acids is 1. The normalized spacial score (nSPS) is 10.7. The van der Waals surface area contributed by atoms with Gasteiger partial charge in [-0.25, -0.2) is 0 Å². The van der Waals surface area contributed by atoms with Crippen LogP contribution in [0.25, 0.3) is 6.08 Å². The smallest absolute Gasteiger partial charge is 0.246 e. The molecule has 0 aromatic heterocycles. The van der Waals surface area contributed by atoms with Crippen LogP contribution in [0.15, 0.2) is 36.9 Å². The quantitative estimate of drug-likeness (QED) is 0.642. The number of hydrogen-bond donors (Lipinski definition) is 1. The summed E-state index contributed by atoms with van der Waals surface area (Å²) in [5.74, 6) is -0.161. The molecule has 0 unspecified atom stereocenters. The number of halogens is 1. The molecule has 1 aromatic carbocycles. The first-order valence-electron chi connectivity index (χ1n) is 6.03. The molecule has 0 aliphatic heterocycles. The lowest BCUT2D eigenvalue weighted by atomic mass is 10.1. The van der Waals surface area contributed by atoms with Crippen molar-refractivity contribution >= 4 is 23.6 Å². The van der Waals surface area contributed by atoms with E-state index in [1.54, 1.807) is 12.2 Å². The maximum absolute atomic E-state index is 11.9. The molecule has 1 N–H and O–H groups in total. The SMILES string of the molecule is C=CCN(CCO)C(=O)/C=C/c1ccc(C)c(Cl)c1. The Morgan fingerprint density at radius 2 is 2.26 bits per heavy atom. The average Bonchev–Trinajstić information content (AvgIpc) is 2.39. The molecule has 1 aromatic rings. The Labute approximate surface area is 118 Å². The van der Waals surface area contributed by atoms with Gasteiger partial charge in [0, 0.05) is 24.2 Å². The number of aliphatic hydroxyl groups excluding tert-OH is 1. The summed E-state index contributed by atoms with van der Waals surface area (Å²) in [6.07, 6.45) is 4.81. The van der Waals surface area contributed by atoms with E-state index in [1.807, 2.05) is 25.1 Å². The Balaban J connectivity index is 2.75. The van der Waals surface area contributed by atoms with Crippen molar-refractivity contribution in [3.63, 3.8) is 0 Å². The van der Waals surface area contributed by atoms with Gasteiger partial charge >= 0.3 is 0 Å². The van der Waals surface area contributed by atoms with Crippen LogP contribution in [-0.4, -0.2) is 35.6 Å². The van der Waals surface area contributed by atoms with Crippen LogP contribution in [0.4, 0.5) is 0 Å². The third-order valence-corrected chi connectivity index (χ3v) is 3.05. The van der Waals surface area contributed by atoms with Crippen molar-refractivity contribution in [3.8, 4) is 0 Å². The minimum absolute atomic E-state index is 0.0657. The molecule has 0 aliphatic carbocycles. The van der Waals surface area contributed by atoms with Gasteiger partial charge in [-0.1, -0.05) is 29.8 Å². The van der Waals surface area contributed by atoms with E-state index in [2.05, 4.69) is 6.58 Å². The van der Waals surface area contributed by atoms with Gasteiger partial charge in [0.25, 0.3) is 0 Å². The fourth-order valence-corrected chi connectivity index (χ4v) is 1.74. The maximum atomic E-state index is 11.9. The zero-order valence-corrected chi connectivity index (χ0v) is 11.7. The van der Waals surface area contributed by atoms with Crippen LogP contribution in [0.3, 0.4) is 0 Å². The van der Waals surface area contributed by atoms with Gasteiger partial charge in [0.2, 0.25) is 5.91 Å². The van der Waals surface area contributed by atoms with E-state index in [0.29, 0.717) is 18.1 Å². The Bertz CT molecular complexity index is 483. The van der Waals surface area contributed by atoms with Crippen LogP contribution in [0.1, 0.15) is 11.1 Å². The van der Waals surface area contributed by atoms with Gasteiger partial charge < -0.3 is 10.0 Å². The first kappa shape index (κ1) is 15.5. The van der Waals surface area contributed by atoms with Crippen molar-refractivity contribution in [2.45, 2.75) is 6.92 Å². The minimum atomic E-state index is -0.161. The Morgan fingerprint density at radius 1 is 1.53 bits per heavy atom. The van der Waals surface area contributed by atoms with Gasteiger partial charge in [-0.2, -0.15) is 0 Å². The molecule has 0 atom stereocenters. The van der Waals surface area contributed by atoms with Gasteiger partial charge in [0.05, 0.1) is 6.61 Å². The highest BCUT2D eigenvalue weighted by atomic mass is 35.5. The molecule has 4 heteroatoms. The topological polar surface area (TPSA) is 40.5 Å². The highest BCUT2D eigenvalue weighted by Crippen LogP contribution is 2.17.